The maximum Gasteiger partial charge on any atom is 0.130 e. The van der Waals surface area contributed by atoms with Gasteiger partial charge in [0.25, 0.3) is 0 Å². The lowest BCUT2D eigenvalue weighted by Gasteiger charge is -2.42. The van der Waals surface area contributed by atoms with Crippen molar-refractivity contribution in [2.75, 3.05) is 13.1 Å². The Bertz CT molecular complexity index is 2880. The molecule has 5 nitrogen and oxygen atoms in total. The van der Waals surface area contributed by atoms with Gasteiger partial charge in [-0.15, -0.1) is 0 Å². The van der Waals surface area contributed by atoms with Crippen molar-refractivity contribution in [3.8, 4) is 28.0 Å². The lowest BCUT2D eigenvalue weighted by molar-refractivity contribution is -0.00840. The van der Waals surface area contributed by atoms with E-state index in [1.165, 1.54) is 11.1 Å². The number of rotatable bonds is 14. The number of aryl methyl sites for hydroxylation is 1. The first-order valence-electron chi connectivity index (χ1n) is 26.2. The first-order chi connectivity index (χ1) is 35.3. The monoisotopic (exact) mass is 947 g/mol. The fourth-order valence-electron chi connectivity index (χ4n) is 12.5. The highest BCUT2D eigenvalue weighted by Crippen LogP contribution is 2.47. The minimum Gasteiger partial charge on any atom is -0.507 e. The van der Waals surface area contributed by atoms with E-state index in [9.17, 15) is 15.3 Å². The summed E-state index contributed by atoms with van der Waals surface area (Å²) in [4.78, 5) is 4.81. The molecule has 72 heavy (non-hydrogen) atoms. The molecule has 362 valence electrons. The van der Waals surface area contributed by atoms with Crippen molar-refractivity contribution in [1.82, 2.24) is 9.80 Å². The van der Waals surface area contributed by atoms with E-state index >= 15 is 0 Å². The number of phenolic OH excluding ortho intramolecular Hbond substituents is 1. The first-order valence-corrected chi connectivity index (χ1v) is 26.2. The van der Waals surface area contributed by atoms with Crippen LogP contribution in [0, 0.1) is 6.92 Å². The summed E-state index contributed by atoms with van der Waals surface area (Å²) in [5, 5.41) is 39.5. The van der Waals surface area contributed by atoms with Crippen LogP contribution in [-0.2, 0) is 24.3 Å². The molecular formula is C67H66N2O3. The third kappa shape index (κ3) is 9.39. The summed E-state index contributed by atoms with van der Waals surface area (Å²) in [5.74, 6) is 0.792. The van der Waals surface area contributed by atoms with Gasteiger partial charge in [-0.3, -0.25) is 9.80 Å². The van der Waals surface area contributed by atoms with Gasteiger partial charge in [0.1, 0.15) is 17.0 Å². The Morgan fingerprint density at radius 3 is 1.19 bits per heavy atom. The van der Waals surface area contributed by atoms with Crippen LogP contribution in [0.4, 0.5) is 0 Å². The Morgan fingerprint density at radius 2 is 0.833 bits per heavy atom. The molecule has 2 aliphatic carbocycles. The molecular weight excluding hydrogens is 881 g/mol. The van der Waals surface area contributed by atoms with Crippen LogP contribution in [0.5, 0.6) is 5.75 Å². The van der Waals surface area contributed by atoms with E-state index < -0.39 is 11.2 Å². The predicted molar refractivity (Wildman–Crippen MR) is 293 cm³/mol. The second-order valence-electron chi connectivity index (χ2n) is 20.7. The van der Waals surface area contributed by atoms with Gasteiger partial charge in [0, 0.05) is 48.1 Å². The van der Waals surface area contributed by atoms with Crippen LogP contribution in [-0.4, -0.2) is 50.3 Å². The molecule has 7 aromatic carbocycles. The van der Waals surface area contributed by atoms with Crippen molar-refractivity contribution in [3.63, 3.8) is 0 Å². The van der Waals surface area contributed by atoms with Gasteiger partial charge in [0.2, 0.25) is 0 Å². The third-order valence-corrected chi connectivity index (χ3v) is 16.3. The number of allylic oxidation sites excluding steroid dienone is 4. The number of phenols is 1. The van der Waals surface area contributed by atoms with Crippen molar-refractivity contribution in [2.45, 2.75) is 93.7 Å². The topological polar surface area (TPSA) is 67.2 Å². The number of likely N-dealkylation sites (tertiary alicyclic amines) is 2. The summed E-state index contributed by atoms with van der Waals surface area (Å²) in [6.07, 6.45) is 18.5. The Hall–Kier alpha value is -6.86. The van der Waals surface area contributed by atoms with Gasteiger partial charge in [0.05, 0.1) is 0 Å². The molecule has 0 aromatic heterocycles. The lowest BCUT2D eigenvalue weighted by atomic mass is 9.75. The van der Waals surface area contributed by atoms with Crippen LogP contribution >= 0.6 is 0 Å². The highest BCUT2D eigenvalue weighted by molar-refractivity contribution is 5.65. The fourth-order valence-corrected chi connectivity index (χ4v) is 12.5. The minimum atomic E-state index is -1.29. The van der Waals surface area contributed by atoms with Gasteiger partial charge >= 0.3 is 0 Å². The largest absolute Gasteiger partial charge is 0.507 e. The zero-order valence-electron chi connectivity index (χ0n) is 41.4. The second kappa shape index (κ2) is 20.7. The molecule has 4 aliphatic rings. The van der Waals surface area contributed by atoms with Gasteiger partial charge in [-0.1, -0.05) is 224 Å². The number of aromatic hydroxyl groups is 1. The van der Waals surface area contributed by atoms with Crippen molar-refractivity contribution in [3.05, 3.63) is 269 Å². The Kier molecular flexibility index (Phi) is 13.6. The molecule has 2 heterocycles. The summed E-state index contributed by atoms with van der Waals surface area (Å²) >= 11 is 0. The van der Waals surface area contributed by atoms with Gasteiger partial charge < -0.3 is 15.3 Å². The quantitative estimate of drug-likeness (QED) is 0.101. The summed E-state index contributed by atoms with van der Waals surface area (Å²) in [6, 6.07) is 62.9. The number of hydrogen-bond donors (Lipinski definition) is 3. The highest BCUT2D eigenvalue weighted by atomic mass is 16.3. The van der Waals surface area contributed by atoms with E-state index in [-0.39, 0.29) is 23.9 Å². The molecule has 6 atom stereocenters. The molecule has 2 fully saturated rings. The molecule has 3 N–H and O–H groups in total. The van der Waals surface area contributed by atoms with Gasteiger partial charge in [0.15, 0.2) is 0 Å². The van der Waals surface area contributed by atoms with Crippen molar-refractivity contribution in [2.24, 2.45) is 0 Å². The number of hydrogen-bond acceptors (Lipinski definition) is 5. The number of aliphatic hydroxyl groups is 2. The van der Waals surface area contributed by atoms with E-state index in [1.54, 1.807) is 0 Å². The van der Waals surface area contributed by atoms with Gasteiger partial charge in [-0.05, 0) is 114 Å². The molecule has 0 radical (unpaired) electrons. The third-order valence-electron chi connectivity index (χ3n) is 16.3. The molecule has 4 unspecified atom stereocenters. The maximum absolute atomic E-state index is 13.5. The van der Waals surface area contributed by atoms with Crippen molar-refractivity contribution >= 4 is 0 Å². The average molecular weight is 947 g/mol. The first kappa shape index (κ1) is 47.5. The fraction of sp³-hybridized carbons (Fsp3) is 0.254. The normalized spacial score (nSPS) is 22.0. The van der Waals surface area contributed by atoms with E-state index in [2.05, 4.69) is 223 Å². The average Bonchev–Trinajstić information content (AvgIpc) is 4.13. The molecule has 11 rings (SSSR count). The Labute approximate surface area is 426 Å². The van der Waals surface area contributed by atoms with Crippen LogP contribution < -0.4 is 0 Å². The van der Waals surface area contributed by atoms with Crippen LogP contribution in [0.3, 0.4) is 0 Å². The van der Waals surface area contributed by atoms with E-state index in [0.717, 1.165) is 113 Å². The summed E-state index contributed by atoms with van der Waals surface area (Å²) in [5.41, 5.74) is 10.9. The Morgan fingerprint density at radius 1 is 0.472 bits per heavy atom. The molecule has 7 aromatic rings. The molecule has 0 saturated carbocycles. The lowest BCUT2D eigenvalue weighted by Crippen LogP contribution is -2.48. The summed E-state index contributed by atoms with van der Waals surface area (Å²) in [6.45, 7) is 4.73. The van der Waals surface area contributed by atoms with Crippen LogP contribution in [0.15, 0.2) is 230 Å². The van der Waals surface area contributed by atoms with Crippen molar-refractivity contribution < 1.29 is 15.3 Å². The van der Waals surface area contributed by atoms with E-state index in [0.29, 0.717) is 18.8 Å². The van der Waals surface area contributed by atoms with Crippen LogP contribution in [0.25, 0.3) is 22.3 Å². The zero-order valence-corrected chi connectivity index (χ0v) is 41.4. The predicted octanol–water partition coefficient (Wildman–Crippen LogP) is 14.1. The molecule has 5 heteroatoms. The number of benzene rings is 7. The molecule has 2 saturated heterocycles. The minimum absolute atomic E-state index is 0.225. The SMILES string of the molecule is Cc1cc(CN2CCC[C@H]2C(O)(C2=CCC(c3ccccc3)C=C2)c2ccc(-c3ccccc3)cc2)c(O)c(CN2CCC[C@H]2C(O)(C2=CCC(c3ccccc3)C=C2)c2ccc(-c3ccccc3)cc2)c1. The van der Waals surface area contributed by atoms with Crippen LogP contribution in [0.2, 0.25) is 0 Å². The van der Waals surface area contributed by atoms with Gasteiger partial charge in [-0.2, -0.15) is 0 Å². The molecule has 2 aliphatic heterocycles. The zero-order chi connectivity index (χ0) is 49.1. The second-order valence-corrected chi connectivity index (χ2v) is 20.7. The molecule has 0 spiro atoms. The smallest absolute Gasteiger partial charge is 0.130 e. The number of nitrogens with zero attached hydrogens (tertiary/aromatic N) is 2. The standard InChI is InChI=1S/C67H66N2O3/c1-48-44-57(46-68-42-14-24-63(68)66(71,59-34-26-53(27-35-59)49-16-6-2-7-17-49)60-36-28-54(29-37-60)50-18-8-3-9-19-50)65(70)58(45-48)47-69-43-15-25-64(69)67(72,61-38-30-55(31-39-61)51-20-10-4-11-21-51)62-40-32-56(33-41-62)52-22-12-5-13-23-52/h2-13,16-23,26-28,30-32,34-41,44-45,54,56,63-64,70-72H,14-15,24-25,29,33,42-43,46-47H2,1H3/t54?,56?,63-,64-,66?,67?/m0/s1. The molecule has 0 bridgehead atoms. The Balaban J connectivity index is 0.891. The summed E-state index contributed by atoms with van der Waals surface area (Å²) in [7, 11) is 0. The van der Waals surface area contributed by atoms with Crippen LogP contribution in [0.1, 0.15) is 89.3 Å². The van der Waals surface area contributed by atoms with E-state index in [4.69, 9.17) is 0 Å². The maximum atomic E-state index is 13.5. The summed E-state index contributed by atoms with van der Waals surface area (Å²) < 4.78 is 0. The molecule has 0 amide bonds. The van der Waals surface area contributed by atoms with E-state index in [1.807, 2.05) is 12.1 Å². The van der Waals surface area contributed by atoms with Gasteiger partial charge in [-0.25, -0.2) is 0 Å². The van der Waals surface area contributed by atoms with Crippen molar-refractivity contribution in [1.29, 1.82) is 0 Å². The highest BCUT2D eigenvalue weighted by Gasteiger charge is 2.48.